The van der Waals surface area contributed by atoms with E-state index >= 15 is 0 Å². The molecule has 0 bridgehead atoms. The Labute approximate surface area is 128 Å². The molecule has 1 amide bonds. The van der Waals surface area contributed by atoms with Crippen LogP contribution in [0.5, 0.6) is 0 Å². The molecule has 0 saturated heterocycles. The zero-order chi connectivity index (χ0) is 15.1. The van der Waals surface area contributed by atoms with Crippen LogP contribution in [0.15, 0.2) is 48.7 Å². The van der Waals surface area contributed by atoms with Crippen molar-refractivity contribution in [3.63, 3.8) is 0 Å². The van der Waals surface area contributed by atoms with Crippen LogP contribution < -0.4 is 10.2 Å². The SMILES string of the molecule is O=C1Nc2ccc(F)cc2/C1=C/N1CCCc2ccccc21. The standard InChI is InChI=1S/C18H15FN2O/c19-13-7-8-16-14(10-13)15(18(22)20-16)11-21-9-3-5-12-4-1-2-6-17(12)21/h1-2,4,6-8,10-11H,3,5,9H2,(H,20,22)/b15-11-. The van der Waals surface area contributed by atoms with E-state index in [1.807, 2.05) is 18.3 Å². The van der Waals surface area contributed by atoms with Crippen molar-refractivity contribution in [2.75, 3.05) is 16.8 Å². The maximum Gasteiger partial charge on any atom is 0.257 e. The van der Waals surface area contributed by atoms with Gasteiger partial charge in [0.2, 0.25) is 0 Å². The third kappa shape index (κ3) is 2.08. The lowest BCUT2D eigenvalue weighted by atomic mass is 10.0. The first-order valence-corrected chi connectivity index (χ1v) is 7.40. The van der Waals surface area contributed by atoms with E-state index in [-0.39, 0.29) is 11.7 Å². The normalized spacial score (nSPS) is 18.1. The quantitative estimate of drug-likeness (QED) is 0.815. The van der Waals surface area contributed by atoms with Crippen molar-refractivity contribution in [2.24, 2.45) is 0 Å². The number of benzene rings is 2. The van der Waals surface area contributed by atoms with Gasteiger partial charge in [-0.2, -0.15) is 0 Å². The molecule has 0 fully saturated rings. The van der Waals surface area contributed by atoms with Gasteiger partial charge in [-0.25, -0.2) is 4.39 Å². The average Bonchev–Trinajstić information content (AvgIpc) is 2.83. The summed E-state index contributed by atoms with van der Waals surface area (Å²) < 4.78 is 13.5. The number of nitrogens with one attached hydrogen (secondary N) is 1. The second-order valence-electron chi connectivity index (χ2n) is 5.61. The maximum atomic E-state index is 13.5. The number of amides is 1. The summed E-state index contributed by atoms with van der Waals surface area (Å²) in [7, 11) is 0. The van der Waals surface area contributed by atoms with Crippen LogP contribution in [0.25, 0.3) is 5.57 Å². The third-order valence-electron chi connectivity index (χ3n) is 4.20. The van der Waals surface area contributed by atoms with Crippen LogP contribution in [-0.4, -0.2) is 12.5 Å². The number of carbonyl (C=O) groups excluding carboxylic acids is 1. The van der Waals surface area contributed by atoms with Crippen LogP contribution in [0.4, 0.5) is 15.8 Å². The molecule has 0 unspecified atom stereocenters. The Hall–Kier alpha value is -2.62. The highest BCUT2D eigenvalue weighted by atomic mass is 19.1. The molecule has 110 valence electrons. The number of anilines is 2. The van der Waals surface area contributed by atoms with E-state index in [2.05, 4.69) is 22.3 Å². The number of aryl methyl sites for hydroxylation is 1. The highest BCUT2D eigenvalue weighted by molar-refractivity contribution is 6.31. The monoisotopic (exact) mass is 294 g/mol. The number of fused-ring (bicyclic) bond motifs is 2. The van der Waals surface area contributed by atoms with Gasteiger partial charge in [0.25, 0.3) is 5.91 Å². The Kier molecular flexibility index (Phi) is 2.96. The highest BCUT2D eigenvalue weighted by Gasteiger charge is 2.26. The third-order valence-corrected chi connectivity index (χ3v) is 4.20. The number of carbonyl (C=O) groups is 1. The summed E-state index contributed by atoms with van der Waals surface area (Å²) >= 11 is 0. The molecule has 3 nitrogen and oxygen atoms in total. The van der Waals surface area contributed by atoms with Gasteiger partial charge in [0, 0.05) is 29.7 Å². The topological polar surface area (TPSA) is 32.3 Å². The van der Waals surface area contributed by atoms with Gasteiger partial charge in [-0.05, 0) is 42.7 Å². The van der Waals surface area contributed by atoms with Crippen LogP contribution in [0.1, 0.15) is 17.5 Å². The molecule has 4 rings (SSSR count). The Bertz CT molecular complexity index is 797. The molecule has 0 atom stereocenters. The minimum Gasteiger partial charge on any atom is -0.347 e. The van der Waals surface area contributed by atoms with E-state index in [0.29, 0.717) is 16.8 Å². The molecular formula is C18H15FN2O. The Morgan fingerprint density at radius 2 is 2.05 bits per heavy atom. The summed E-state index contributed by atoms with van der Waals surface area (Å²) in [5.74, 6) is -0.510. The largest absolute Gasteiger partial charge is 0.347 e. The molecule has 22 heavy (non-hydrogen) atoms. The number of halogens is 1. The van der Waals surface area contributed by atoms with Gasteiger partial charge in [-0.15, -0.1) is 0 Å². The van der Waals surface area contributed by atoms with Crippen molar-refractivity contribution in [1.29, 1.82) is 0 Å². The van der Waals surface area contributed by atoms with E-state index in [9.17, 15) is 9.18 Å². The molecule has 0 spiro atoms. The Morgan fingerprint density at radius 3 is 2.95 bits per heavy atom. The number of para-hydroxylation sites is 1. The van der Waals surface area contributed by atoms with Gasteiger partial charge in [0.15, 0.2) is 0 Å². The van der Waals surface area contributed by atoms with Gasteiger partial charge < -0.3 is 10.2 Å². The first-order valence-electron chi connectivity index (χ1n) is 7.40. The van der Waals surface area contributed by atoms with E-state index in [1.165, 1.54) is 17.7 Å². The predicted molar refractivity (Wildman–Crippen MR) is 85.1 cm³/mol. The van der Waals surface area contributed by atoms with E-state index in [4.69, 9.17) is 0 Å². The van der Waals surface area contributed by atoms with Gasteiger partial charge in [0.05, 0.1) is 5.57 Å². The molecule has 2 heterocycles. The number of nitrogens with zero attached hydrogens (tertiary/aromatic N) is 1. The van der Waals surface area contributed by atoms with Gasteiger partial charge in [0.1, 0.15) is 5.82 Å². The van der Waals surface area contributed by atoms with Crippen molar-refractivity contribution < 1.29 is 9.18 Å². The summed E-state index contributed by atoms with van der Waals surface area (Å²) in [5, 5.41) is 2.79. The fourth-order valence-electron chi connectivity index (χ4n) is 3.14. The molecule has 2 aliphatic heterocycles. The van der Waals surface area contributed by atoms with Crippen molar-refractivity contribution in [2.45, 2.75) is 12.8 Å². The van der Waals surface area contributed by atoms with Crippen molar-refractivity contribution in [3.8, 4) is 0 Å². The summed E-state index contributed by atoms with van der Waals surface area (Å²) in [6, 6.07) is 12.6. The van der Waals surface area contributed by atoms with E-state index in [0.717, 1.165) is 25.1 Å². The average molecular weight is 294 g/mol. The predicted octanol–water partition coefficient (Wildman–Crippen LogP) is 3.57. The number of hydrogen-bond acceptors (Lipinski definition) is 2. The van der Waals surface area contributed by atoms with Gasteiger partial charge in [-0.3, -0.25) is 4.79 Å². The molecule has 2 aliphatic rings. The zero-order valence-electron chi connectivity index (χ0n) is 12.0. The summed E-state index contributed by atoms with van der Waals surface area (Å²) in [4.78, 5) is 14.3. The van der Waals surface area contributed by atoms with Crippen LogP contribution in [-0.2, 0) is 11.2 Å². The van der Waals surface area contributed by atoms with Gasteiger partial charge in [-0.1, -0.05) is 18.2 Å². The maximum absolute atomic E-state index is 13.5. The Morgan fingerprint density at radius 1 is 1.18 bits per heavy atom. The van der Waals surface area contributed by atoms with Crippen LogP contribution in [0.2, 0.25) is 0 Å². The second-order valence-corrected chi connectivity index (χ2v) is 5.61. The lowest BCUT2D eigenvalue weighted by molar-refractivity contribution is -0.110. The first kappa shape index (κ1) is 13.1. The molecule has 4 heteroatoms. The molecule has 1 N–H and O–H groups in total. The fraction of sp³-hybridized carbons (Fsp3) is 0.167. The van der Waals surface area contributed by atoms with Gasteiger partial charge >= 0.3 is 0 Å². The molecule has 0 radical (unpaired) electrons. The summed E-state index contributed by atoms with van der Waals surface area (Å²) in [5.41, 5.74) is 4.23. The molecule has 0 aromatic heterocycles. The molecule has 2 aromatic rings. The van der Waals surface area contributed by atoms with Crippen molar-refractivity contribution >= 4 is 22.9 Å². The lowest BCUT2D eigenvalue weighted by Crippen LogP contribution is -2.24. The van der Waals surface area contributed by atoms with Crippen molar-refractivity contribution in [1.82, 2.24) is 0 Å². The lowest BCUT2D eigenvalue weighted by Gasteiger charge is -2.28. The molecule has 2 aromatic carbocycles. The number of rotatable bonds is 1. The summed E-state index contributed by atoms with van der Waals surface area (Å²) in [6.07, 6.45) is 3.93. The highest BCUT2D eigenvalue weighted by Crippen LogP contribution is 2.34. The minimum absolute atomic E-state index is 0.177. The van der Waals surface area contributed by atoms with Crippen LogP contribution >= 0.6 is 0 Å². The fourth-order valence-corrected chi connectivity index (χ4v) is 3.14. The summed E-state index contributed by atoms with van der Waals surface area (Å²) in [6.45, 7) is 0.860. The molecule has 0 aliphatic carbocycles. The van der Waals surface area contributed by atoms with E-state index < -0.39 is 0 Å². The first-order chi connectivity index (χ1) is 10.7. The van der Waals surface area contributed by atoms with Crippen molar-refractivity contribution in [3.05, 3.63) is 65.6 Å². The van der Waals surface area contributed by atoms with Crippen LogP contribution in [0, 0.1) is 5.82 Å². The van der Waals surface area contributed by atoms with E-state index in [1.54, 1.807) is 6.07 Å². The molecular weight excluding hydrogens is 279 g/mol. The minimum atomic E-state index is -0.333. The smallest absolute Gasteiger partial charge is 0.257 e. The Balaban J connectivity index is 1.79. The zero-order valence-corrected chi connectivity index (χ0v) is 12.0. The van der Waals surface area contributed by atoms with Crippen LogP contribution in [0.3, 0.4) is 0 Å². The second kappa shape index (κ2) is 4.98. The molecule has 0 saturated carbocycles. The number of hydrogen-bond donors (Lipinski definition) is 1.